The molecule has 5 atom stereocenters. The Balaban J connectivity index is 0.000000413. The highest BCUT2D eigenvalue weighted by Gasteiger charge is 2.26. The Kier molecular flexibility index (Phi) is 26.7. The van der Waals surface area contributed by atoms with Gasteiger partial charge in [-0.05, 0) is 99.6 Å². The number of esters is 1. The third-order valence-corrected chi connectivity index (χ3v) is 10.1. The summed E-state index contributed by atoms with van der Waals surface area (Å²) in [5.74, 6) is -2.42. The number of unbranched alkanes of at least 4 members (excludes halogenated alkanes) is 6. The summed E-state index contributed by atoms with van der Waals surface area (Å²) in [6.07, 6.45) is 18.9. The first-order valence-corrected chi connectivity index (χ1v) is 20.4. The standard InChI is InChI=1S/C15H21NO2S.C13H22N2O3.C13H23NO4/c16-14(15(17)18)10-6-2-5-9-13(19)11-12-7-3-1-4-8-12;1-9-7-8-15-12(9)11(16)6-4-2-3-5-10(14)13(17)18;14-11(13(16)17)8-2-1-3-9-12(15)18-10-6-4-5-7-10/h1,3-4,7-8,14H,2,5-6,9-11,16H2,(H,17,18);8-10,12H,2-7,14H2,1H3,(H,17,18);10-11H,1-9,14H2,(H,16,17)/t14-;9-,10+,12-;11-/m010/s1. The molecule has 0 spiro atoms. The molecule has 0 unspecified atom stereocenters. The lowest BCUT2D eigenvalue weighted by molar-refractivity contribution is -0.149. The highest BCUT2D eigenvalue weighted by molar-refractivity contribution is 7.80. The summed E-state index contributed by atoms with van der Waals surface area (Å²) >= 11 is 5.36. The van der Waals surface area contributed by atoms with Crippen LogP contribution in [0, 0.1) is 5.92 Å². The number of hydrogen-bond acceptors (Lipinski definition) is 11. The van der Waals surface area contributed by atoms with Gasteiger partial charge in [0, 0.05) is 19.3 Å². The molecule has 1 fully saturated rings. The average molecular weight is 791 g/mol. The monoisotopic (exact) mass is 790 g/mol. The SMILES string of the molecule is C[C@@H]1CC=N[C@H]1C(=O)CCCCC[C@H](N)C(=O)O.N[C@@H](CCCCCC(=O)OC1CCCC1)C(=O)O.N[C@@H](CCCCCC(=S)Cc1ccccc1)C(=O)O. The fourth-order valence-electron chi connectivity index (χ4n) is 6.21. The van der Waals surface area contributed by atoms with Gasteiger partial charge in [-0.2, -0.15) is 0 Å². The molecule has 0 radical (unpaired) electrons. The number of carboxylic acid groups (broad SMARTS) is 3. The van der Waals surface area contributed by atoms with E-state index in [2.05, 4.69) is 17.1 Å². The summed E-state index contributed by atoms with van der Waals surface area (Å²) in [4.78, 5) is 60.0. The number of nitrogens with two attached hydrogens (primary N) is 3. The highest BCUT2D eigenvalue weighted by atomic mass is 32.1. The lowest BCUT2D eigenvalue weighted by Crippen LogP contribution is -2.29. The van der Waals surface area contributed by atoms with Crippen LogP contribution >= 0.6 is 12.2 Å². The van der Waals surface area contributed by atoms with Gasteiger partial charge in [0.05, 0.1) is 0 Å². The third kappa shape index (κ3) is 24.5. The van der Waals surface area contributed by atoms with Gasteiger partial charge in [-0.3, -0.25) is 29.0 Å². The molecule has 9 N–H and O–H groups in total. The normalized spacial score (nSPS) is 17.8. The first-order chi connectivity index (χ1) is 26.2. The number of thiocarbonyl (C=S) groups is 1. The van der Waals surface area contributed by atoms with Gasteiger partial charge in [0.2, 0.25) is 0 Å². The molecule has 13 nitrogen and oxygen atoms in total. The van der Waals surface area contributed by atoms with Crippen LogP contribution in [0.15, 0.2) is 35.3 Å². The second-order valence-corrected chi connectivity index (χ2v) is 15.3. The Bertz CT molecular complexity index is 1320. The molecule has 1 aliphatic heterocycles. The summed E-state index contributed by atoms with van der Waals surface area (Å²) in [6, 6.07) is 7.77. The van der Waals surface area contributed by atoms with Crippen LogP contribution in [-0.4, -0.2) is 86.3 Å². The molecule has 310 valence electrons. The predicted molar refractivity (Wildman–Crippen MR) is 218 cm³/mol. The van der Waals surface area contributed by atoms with Gasteiger partial charge < -0.3 is 37.3 Å². The molecule has 0 saturated heterocycles. The molecule has 1 saturated carbocycles. The Labute approximate surface area is 332 Å². The summed E-state index contributed by atoms with van der Waals surface area (Å²) in [6.45, 7) is 2.04. The maximum absolute atomic E-state index is 11.8. The van der Waals surface area contributed by atoms with E-state index in [4.69, 9.17) is 49.5 Å². The molecule has 1 aromatic carbocycles. The van der Waals surface area contributed by atoms with Crippen molar-refractivity contribution in [1.29, 1.82) is 0 Å². The fourth-order valence-corrected chi connectivity index (χ4v) is 6.52. The molecule has 1 aromatic rings. The number of rotatable bonds is 25. The van der Waals surface area contributed by atoms with E-state index < -0.39 is 36.0 Å². The number of carbonyl (C=O) groups excluding carboxylic acids is 2. The molecular weight excluding hydrogens is 725 g/mol. The van der Waals surface area contributed by atoms with Gasteiger partial charge in [0.15, 0.2) is 5.78 Å². The molecule has 3 rings (SSSR count). The Morgan fingerprint density at radius 1 is 0.727 bits per heavy atom. The van der Waals surface area contributed by atoms with Gasteiger partial charge in [0.25, 0.3) is 0 Å². The van der Waals surface area contributed by atoms with E-state index in [1.165, 1.54) is 5.56 Å². The number of aliphatic carboxylic acids is 3. The zero-order chi connectivity index (χ0) is 41.0. The van der Waals surface area contributed by atoms with Gasteiger partial charge in [-0.1, -0.05) is 88.0 Å². The van der Waals surface area contributed by atoms with E-state index in [1.807, 2.05) is 31.3 Å². The van der Waals surface area contributed by atoms with Crippen molar-refractivity contribution in [3.8, 4) is 0 Å². The third-order valence-electron chi connectivity index (χ3n) is 9.71. The van der Waals surface area contributed by atoms with E-state index in [0.29, 0.717) is 38.0 Å². The number of benzene rings is 1. The number of carbonyl (C=O) groups is 5. The van der Waals surface area contributed by atoms with Crippen LogP contribution in [0.5, 0.6) is 0 Å². The maximum Gasteiger partial charge on any atom is 0.320 e. The van der Waals surface area contributed by atoms with Crippen molar-refractivity contribution in [1.82, 2.24) is 0 Å². The second-order valence-electron chi connectivity index (χ2n) is 14.7. The summed E-state index contributed by atoms with van der Waals surface area (Å²) in [7, 11) is 0. The number of carboxylic acids is 3. The second kappa shape index (κ2) is 29.7. The van der Waals surface area contributed by atoms with E-state index in [1.54, 1.807) is 0 Å². The van der Waals surface area contributed by atoms with E-state index >= 15 is 0 Å². The summed E-state index contributed by atoms with van der Waals surface area (Å²) in [5, 5.41) is 25.8. The quantitative estimate of drug-likeness (QED) is 0.0368. The molecule has 1 heterocycles. The highest BCUT2D eigenvalue weighted by Crippen LogP contribution is 2.22. The zero-order valence-corrected chi connectivity index (χ0v) is 33.5. The largest absolute Gasteiger partial charge is 0.480 e. The number of ketones is 1. The van der Waals surface area contributed by atoms with Crippen LogP contribution in [0.3, 0.4) is 0 Å². The minimum atomic E-state index is -0.962. The molecular formula is C41H66N4O9S. The van der Waals surface area contributed by atoms with Crippen molar-refractivity contribution in [2.24, 2.45) is 28.1 Å². The van der Waals surface area contributed by atoms with Crippen molar-refractivity contribution < 1.29 is 44.0 Å². The van der Waals surface area contributed by atoms with E-state index in [9.17, 15) is 24.0 Å². The minimum absolute atomic E-state index is 0.121. The van der Waals surface area contributed by atoms with Crippen LogP contribution in [0.25, 0.3) is 0 Å². The molecule has 0 amide bonds. The van der Waals surface area contributed by atoms with Crippen molar-refractivity contribution in [2.45, 2.75) is 172 Å². The first kappa shape index (κ1) is 49.4. The number of Topliss-reactive ketones (excluding diaryl/α,β-unsaturated/α-hetero) is 1. The first-order valence-electron chi connectivity index (χ1n) is 20.0. The Morgan fingerprint density at radius 2 is 1.20 bits per heavy atom. The summed E-state index contributed by atoms with van der Waals surface area (Å²) < 4.78 is 5.32. The van der Waals surface area contributed by atoms with Gasteiger partial charge in [-0.25, -0.2) is 0 Å². The number of aliphatic imine (C=N–C) groups is 1. The number of ether oxygens (including phenoxy) is 1. The smallest absolute Gasteiger partial charge is 0.320 e. The van der Waals surface area contributed by atoms with Gasteiger partial charge in [-0.15, -0.1) is 0 Å². The molecule has 14 heteroatoms. The molecule has 0 aromatic heterocycles. The maximum atomic E-state index is 11.8. The van der Waals surface area contributed by atoms with Crippen LogP contribution < -0.4 is 17.2 Å². The summed E-state index contributed by atoms with van der Waals surface area (Å²) in [5.41, 5.74) is 17.5. The van der Waals surface area contributed by atoms with Crippen molar-refractivity contribution >= 4 is 53.0 Å². The lowest BCUT2D eigenvalue weighted by atomic mass is 9.95. The minimum Gasteiger partial charge on any atom is -0.480 e. The van der Waals surface area contributed by atoms with Crippen LogP contribution in [-0.2, 0) is 35.1 Å². The lowest BCUT2D eigenvalue weighted by Gasteiger charge is -2.12. The van der Waals surface area contributed by atoms with Crippen molar-refractivity contribution in [3.05, 3.63) is 35.9 Å². The van der Waals surface area contributed by atoms with E-state index in [0.717, 1.165) is 108 Å². The van der Waals surface area contributed by atoms with Gasteiger partial charge >= 0.3 is 23.9 Å². The Morgan fingerprint density at radius 3 is 1.65 bits per heavy atom. The molecule has 0 bridgehead atoms. The van der Waals surface area contributed by atoms with E-state index in [-0.39, 0.29) is 23.9 Å². The molecule has 1 aliphatic carbocycles. The number of hydrogen-bond donors (Lipinski definition) is 6. The van der Waals surface area contributed by atoms with Crippen LogP contribution in [0.4, 0.5) is 0 Å². The van der Waals surface area contributed by atoms with Crippen molar-refractivity contribution in [3.63, 3.8) is 0 Å². The topological polar surface area (TPSA) is 246 Å². The fraction of sp³-hybridized carbons (Fsp3) is 0.683. The van der Waals surface area contributed by atoms with Gasteiger partial charge in [0.1, 0.15) is 30.3 Å². The number of nitrogens with zero attached hydrogens (tertiary/aromatic N) is 1. The predicted octanol–water partition coefficient (Wildman–Crippen LogP) is 6.19. The molecule has 2 aliphatic rings. The van der Waals surface area contributed by atoms with Crippen LogP contribution in [0.2, 0.25) is 0 Å². The average Bonchev–Trinajstić information content (AvgIpc) is 3.83. The van der Waals surface area contributed by atoms with Crippen LogP contribution in [0.1, 0.15) is 141 Å². The Hall–Kier alpha value is -3.59. The zero-order valence-electron chi connectivity index (χ0n) is 32.7. The molecule has 55 heavy (non-hydrogen) atoms. The van der Waals surface area contributed by atoms with Crippen molar-refractivity contribution in [2.75, 3.05) is 0 Å².